The summed E-state index contributed by atoms with van der Waals surface area (Å²) >= 11 is 3.46. The molecule has 0 aliphatic heterocycles. The Bertz CT molecular complexity index is 1530. The van der Waals surface area contributed by atoms with Crippen LogP contribution in [0.2, 0.25) is 0 Å². The smallest absolute Gasteiger partial charge is 0.347 e. The summed E-state index contributed by atoms with van der Waals surface area (Å²) in [5.74, 6) is 0.291. The summed E-state index contributed by atoms with van der Waals surface area (Å²) < 4.78 is 15.5. The van der Waals surface area contributed by atoms with Gasteiger partial charge in [-0.25, -0.2) is 13.8 Å². The third kappa shape index (κ3) is 3.61. The Labute approximate surface area is 191 Å². The van der Waals surface area contributed by atoms with E-state index in [1.165, 1.54) is 0 Å². The van der Waals surface area contributed by atoms with Gasteiger partial charge in [-0.05, 0) is 54.6 Å². The van der Waals surface area contributed by atoms with Gasteiger partial charge in [0.2, 0.25) is 5.78 Å². The van der Waals surface area contributed by atoms with Gasteiger partial charge >= 0.3 is 5.63 Å². The summed E-state index contributed by atoms with van der Waals surface area (Å²) in [6, 6.07) is 20.3. The number of halogens is 1. The normalized spacial score (nSPS) is 11.2. The summed E-state index contributed by atoms with van der Waals surface area (Å²) in [7, 11) is 1.56. The van der Waals surface area contributed by atoms with E-state index in [9.17, 15) is 9.59 Å². The molecule has 2 aromatic carbocycles. The molecule has 0 saturated heterocycles. The highest BCUT2D eigenvalue weighted by molar-refractivity contribution is 9.10. The first-order valence-corrected chi connectivity index (χ1v) is 10.7. The third-order valence-corrected chi connectivity index (χ3v) is 5.91. The monoisotopic (exact) mass is 489 g/mol. The molecular weight excluding hydrogens is 472 g/mol. The van der Waals surface area contributed by atoms with E-state index in [0.29, 0.717) is 16.7 Å². The molecular formula is C25H18BrN2O4+. The molecule has 0 spiro atoms. The maximum Gasteiger partial charge on any atom is 0.347 e. The summed E-state index contributed by atoms with van der Waals surface area (Å²) in [6.07, 6.45) is 3.90. The first kappa shape index (κ1) is 20.2. The van der Waals surface area contributed by atoms with Gasteiger partial charge < -0.3 is 9.15 Å². The second-order valence-electron chi connectivity index (χ2n) is 7.35. The number of imidazole rings is 1. The molecule has 0 aliphatic carbocycles. The van der Waals surface area contributed by atoms with Gasteiger partial charge in [0.05, 0.1) is 13.3 Å². The summed E-state index contributed by atoms with van der Waals surface area (Å²) in [5, 5.41) is 0.632. The van der Waals surface area contributed by atoms with Crippen molar-refractivity contribution in [3.63, 3.8) is 0 Å². The Morgan fingerprint density at radius 1 is 1.09 bits per heavy atom. The molecule has 0 bridgehead atoms. The molecule has 32 heavy (non-hydrogen) atoms. The van der Waals surface area contributed by atoms with E-state index in [1.807, 2.05) is 63.8 Å². The molecule has 6 nitrogen and oxygen atoms in total. The lowest BCUT2D eigenvalue weighted by Crippen LogP contribution is -2.22. The second kappa shape index (κ2) is 8.09. The number of aromatic nitrogens is 2. The Balaban J connectivity index is 1.61. The Kier molecular flexibility index (Phi) is 5.11. The molecule has 0 amide bonds. The van der Waals surface area contributed by atoms with Crippen molar-refractivity contribution >= 4 is 38.3 Å². The summed E-state index contributed by atoms with van der Waals surface area (Å²) in [5.41, 5.74) is 2.43. The number of methoxy groups -OCH3 is 1. The maximum atomic E-state index is 13.3. The number of benzene rings is 2. The Morgan fingerprint density at radius 2 is 1.91 bits per heavy atom. The fourth-order valence-electron chi connectivity index (χ4n) is 3.78. The van der Waals surface area contributed by atoms with Gasteiger partial charge in [-0.2, -0.15) is 0 Å². The average Bonchev–Trinajstić information content (AvgIpc) is 3.17. The Hall–Kier alpha value is -3.71. The van der Waals surface area contributed by atoms with E-state index < -0.39 is 5.63 Å². The molecule has 5 rings (SSSR count). The number of fused-ring (bicyclic) bond motifs is 2. The van der Waals surface area contributed by atoms with E-state index in [2.05, 4.69) is 15.9 Å². The zero-order valence-corrected chi connectivity index (χ0v) is 18.7. The molecule has 0 fully saturated rings. The average molecular weight is 490 g/mol. The standard InChI is InChI=1S/C25H18BrN2O4/c1-31-19-9-10-23-17(12-19)13-20(25(30)32-23)22(29)15-28-21(16-5-7-18(26)8-6-16)14-27-11-3-2-4-24(27)28/h2-14H,15H2,1H3/q+1. The number of rotatable bonds is 5. The minimum Gasteiger partial charge on any atom is -0.497 e. The molecule has 158 valence electrons. The van der Waals surface area contributed by atoms with Crippen LogP contribution in [-0.2, 0) is 6.54 Å². The lowest BCUT2D eigenvalue weighted by Gasteiger charge is -2.05. The van der Waals surface area contributed by atoms with Crippen LogP contribution in [0.25, 0.3) is 27.9 Å². The fraction of sp³-hybridized carbons (Fsp3) is 0.0800. The minimum absolute atomic E-state index is 0.00779. The molecule has 3 heterocycles. The third-order valence-electron chi connectivity index (χ3n) is 5.38. The van der Waals surface area contributed by atoms with Crippen LogP contribution >= 0.6 is 15.9 Å². The van der Waals surface area contributed by atoms with E-state index in [1.54, 1.807) is 31.4 Å². The molecule has 0 radical (unpaired) electrons. The molecule has 5 aromatic rings. The lowest BCUT2D eigenvalue weighted by molar-refractivity contribution is -0.510. The topological polar surface area (TPSA) is 65.5 Å². The number of hydrogen-bond donors (Lipinski definition) is 0. The molecule has 0 N–H and O–H groups in total. The van der Waals surface area contributed by atoms with Crippen molar-refractivity contribution in [1.29, 1.82) is 0 Å². The highest BCUT2D eigenvalue weighted by atomic mass is 79.9. The van der Waals surface area contributed by atoms with Gasteiger partial charge in [0.15, 0.2) is 12.2 Å². The number of hydrogen-bond acceptors (Lipinski definition) is 4. The van der Waals surface area contributed by atoms with Crippen LogP contribution in [0.5, 0.6) is 5.75 Å². The molecule has 0 unspecified atom stereocenters. The number of nitrogens with zero attached hydrogens (tertiary/aromatic N) is 2. The van der Waals surface area contributed by atoms with Gasteiger partial charge in [-0.1, -0.05) is 22.0 Å². The predicted octanol–water partition coefficient (Wildman–Crippen LogP) is 4.65. The molecule has 7 heteroatoms. The number of Topliss-reactive ketones (excluding diaryl/α,β-unsaturated/α-hetero) is 1. The maximum absolute atomic E-state index is 13.3. The van der Waals surface area contributed by atoms with E-state index >= 15 is 0 Å². The first-order chi connectivity index (χ1) is 15.5. The predicted molar refractivity (Wildman–Crippen MR) is 124 cm³/mol. The van der Waals surface area contributed by atoms with E-state index in [4.69, 9.17) is 9.15 Å². The van der Waals surface area contributed by atoms with Crippen molar-refractivity contribution < 1.29 is 18.3 Å². The van der Waals surface area contributed by atoms with Gasteiger partial charge in [-0.15, -0.1) is 0 Å². The SMILES string of the molecule is COc1ccc2oc(=O)c(C(=O)Cn3c(-c4ccc(Br)cc4)c[n+]4ccccc34)cc2c1. The molecule has 3 aromatic heterocycles. The van der Waals surface area contributed by atoms with Crippen molar-refractivity contribution in [2.24, 2.45) is 0 Å². The van der Waals surface area contributed by atoms with Crippen molar-refractivity contribution in [2.75, 3.05) is 7.11 Å². The fourth-order valence-corrected chi connectivity index (χ4v) is 4.04. The quantitative estimate of drug-likeness (QED) is 0.204. The van der Waals surface area contributed by atoms with E-state index in [-0.39, 0.29) is 17.9 Å². The van der Waals surface area contributed by atoms with Gasteiger partial charge in [0.1, 0.15) is 23.1 Å². The zero-order valence-electron chi connectivity index (χ0n) is 17.1. The number of ketones is 1. The molecule has 0 atom stereocenters. The second-order valence-corrected chi connectivity index (χ2v) is 8.26. The number of ether oxygens (including phenoxy) is 1. The largest absolute Gasteiger partial charge is 0.497 e. The van der Waals surface area contributed by atoms with Crippen LogP contribution in [-0.4, -0.2) is 17.5 Å². The molecule has 0 aliphatic rings. The summed E-state index contributed by atoms with van der Waals surface area (Å²) in [6.45, 7) is -0.00779. The number of carbonyl (C=O) groups is 1. The highest BCUT2D eigenvalue weighted by Crippen LogP contribution is 2.24. The molecule has 0 saturated carbocycles. The van der Waals surface area contributed by atoms with E-state index in [0.717, 1.165) is 21.4 Å². The number of pyridine rings is 1. The van der Waals surface area contributed by atoms with Gasteiger partial charge in [0, 0.05) is 21.5 Å². The van der Waals surface area contributed by atoms with Crippen molar-refractivity contribution in [3.8, 4) is 17.0 Å². The highest BCUT2D eigenvalue weighted by Gasteiger charge is 2.24. The zero-order chi connectivity index (χ0) is 22.2. The summed E-state index contributed by atoms with van der Waals surface area (Å²) in [4.78, 5) is 25.9. The first-order valence-electron chi connectivity index (χ1n) is 9.94. The van der Waals surface area contributed by atoms with Crippen LogP contribution in [0.1, 0.15) is 10.4 Å². The van der Waals surface area contributed by atoms with Gasteiger partial charge in [-0.3, -0.25) is 4.79 Å². The van der Waals surface area contributed by atoms with Crippen molar-refractivity contribution in [3.05, 3.63) is 99.6 Å². The van der Waals surface area contributed by atoms with Crippen molar-refractivity contribution in [2.45, 2.75) is 6.54 Å². The van der Waals surface area contributed by atoms with Gasteiger partial charge in [0.25, 0.3) is 5.65 Å². The van der Waals surface area contributed by atoms with Crippen molar-refractivity contribution in [1.82, 2.24) is 4.57 Å². The van der Waals surface area contributed by atoms with Crippen LogP contribution < -0.4 is 14.8 Å². The van der Waals surface area contributed by atoms with Crippen LogP contribution in [0.4, 0.5) is 0 Å². The number of carbonyl (C=O) groups excluding carboxylic acids is 1. The minimum atomic E-state index is -0.651. The lowest BCUT2D eigenvalue weighted by atomic mass is 10.1. The van der Waals surface area contributed by atoms with Crippen LogP contribution in [0, 0.1) is 0 Å². The van der Waals surface area contributed by atoms with Crippen LogP contribution in [0.15, 0.2) is 92.8 Å². The Morgan fingerprint density at radius 3 is 2.69 bits per heavy atom. The van der Waals surface area contributed by atoms with Crippen LogP contribution in [0.3, 0.4) is 0 Å².